The molecule has 4 nitrogen and oxygen atoms in total. The molecule has 1 heterocycles. The number of aliphatic hydroxyl groups excluding tert-OH is 1. The molecule has 0 radical (unpaired) electrons. The highest BCUT2D eigenvalue weighted by Gasteiger charge is 2.28. The number of rotatable bonds is 1. The first-order valence-electron chi connectivity index (χ1n) is 6.05. The number of aromatic nitrogens is 2. The van der Waals surface area contributed by atoms with Gasteiger partial charge in [-0.2, -0.15) is 0 Å². The predicted octanol–water partition coefficient (Wildman–Crippen LogP) is 2.83. The minimum atomic E-state index is -0.0368. The van der Waals surface area contributed by atoms with E-state index in [9.17, 15) is 9.90 Å². The van der Waals surface area contributed by atoms with Crippen LogP contribution in [0.25, 0.3) is 16.6 Å². The maximum atomic E-state index is 12.0. The van der Waals surface area contributed by atoms with E-state index in [0.717, 1.165) is 11.0 Å². The smallest absolute Gasteiger partial charge is 0.170 e. The van der Waals surface area contributed by atoms with Crippen LogP contribution in [0.1, 0.15) is 25.6 Å². The van der Waals surface area contributed by atoms with Gasteiger partial charge in [0.15, 0.2) is 5.78 Å². The Bertz CT molecular complexity index is 622. The molecule has 0 saturated heterocycles. The number of carbonyl (C=O) groups excluding carboxylic acids is 1. The van der Waals surface area contributed by atoms with Crippen LogP contribution in [0, 0.1) is 5.92 Å². The number of Topliss-reactive ketones (excluding diaryl/α,β-unsaturated/α-hetero) is 1. The van der Waals surface area contributed by atoms with Crippen LogP contribution < -0.4 is 0 Å². The van der Waals surface area contributed by atoms with Gasteiger partial charge in [0.25, 0.3) is 0 Å². The number of carbonyl (C=O) groups is 1. The number of H-pyrrole nitrogens is 1. The molecule has 0 amide bonds. The Hall–Kier alpha value is -2.10. The van der Waals surface area contributed by atoms with E-state index in [4.69, 9.17) is 0 Å². The van der Waals surface area contributed by atoms with E-state index >= 15 is 0 Å². The van der Waals surface area contributed by atoms with Gasteiger partial charge in [0.05, 0.1) is 16.6 Å². The van der Waals surface area contributed by atoms with Crippen LogP contribution in [0.5, 0.6) is 0 Å². The fourth-order valence-electron chi connectivity index (χ4n) is 2.42. The number of para-hydroxylation sites is 2. The Morgan fingerprint density at radius 2 is 2.11 bits per heavy atom. The summed E-state index contributed by atoms with van der Waals surface area (Å²) in [5.74, 6) is 0.791. The van der Waals surface area contributed by atoms with Crippen LogP contribution in [0.2, 0.25) is 0 Å². The van der Waals surface area contributed by atoms with Gasteiger partial charge in [-0.3, -0.25) is 4.79 Å². The van der Waals surface area contributed by atoms with Crippen molar-refractivity contribution in [2.24, 2.45) is 5.92 Å². The predicted molar refractivity (Wildman–Crippen MR) is 69.0 cm³/mol. The van der Waals surface area contributed by atoms with Gasteiger partial charge in [-0.25, -0.2) is 4.98 Å². The molecule has 1 aromatic carbocycles. The molecule has 1 aromatic heterocycles. The summed E-state index contributed by atoms with van der Waals surface area (Å²) in [5.41, 5.74) is 2.03. The van der Waals surface area contributed by atoms with Crippen molar-refractivity contribution in [1.29, 1.82) is 0 Å². The van der Waals surface area contributed by atoms with Crippen molar-refractivity contribution in [3.8, 4) is 0 Å². The van der Waals surface area contributed by atoms with Crippen molar-refractivity contribution in [1.82, 2.24) is 9.97 Å². The van der Waals surface area contributed by atoms with Crippen molar-refractivity contribution >= 4 is 22.4 Å². The molecule has 0 fully saturated rings. The summed E-state index contributed by atoms with van der Waals surface area (Å²) >= 11 is 0. The van der Waals surface area contributed by atoms with E-state index in [0.29, 0.717) is 24.2 Å². The fourth-order valence-corrected chi connectivity index (χ4v) is 2.42. The van der Waals surface area contributed by atoms with Crippen molar-refractivity contribution in [3.05, 3.63) is 35.8 Å². The first-order chi connectivity index (χ1) is 8.65. The molecule has 4 heteroatoms. The van der Waals surface area contributed by atoms with Crippen LogP contribution in [0.4, 0.5) is 0 Å². The summed E-state index contributed by atoms with van der Waals surface area (Å²) in [5, 5.41) is 9.99. The maximum Gasteiger partial charge on any atom is 0.170 e. The van der Waals surface area contributed by atoms with Gasteiger partial charge >= 0.3 is 0 Å². The van der Waals surface area contributed by atoms with E-state index < -0.39 is 0 Å². The molecule has 2 aromatic rings. The van der Waals surface area contributed by atoms with E-state index in [1.807, 2.05) is 31.2 Å². The molecular weight excluding hydrogens is 228 g/mol. The monoisotopic (exact) mass is 242 g/mol. The molecule has 1 aliphatic rings. The van der Waals surface area contributed by atoms with Crippen LogP contribution in [0.3, 0.4) is 0 Å². The number of aromatic amines is 1. The summed E-state index contributed by atoms with van der Waals surface area (Å²) < 4.78 is 0. The van der Waals surface area contributed by atoms with Gasteiger partial charge in [-0.05, 0) is 18.1 Å². The van der Waals surface area contributed by atoms with Crippen LogP contribution in [-0.4, -0.2) is 20.9 Å². The maximum absolute atomic E-state index is 12.0. The number of nitrogens with one attached hydrogen (secondary N) is 1. The van der Waals surface area contributed by atoms with E-state index in [1.165, 1.54) is 0 Å². The molecule has 0 aliphatic heterocycles. The number of benzene rings is 1. The summed E-state index contributed by atoms with van der Waals surface area (Å²) in [6.07, 6.45) is 1.01. The first kappa shape index (κ1) is 11.0. The zero-order chi connectivity index (χ0) is 12.7. The lowest BCUT2D eigenvalue weighted by molar-refractivity contribution is -0.115. The average molecular weight is 242 g/mol. The third-order valence-electron chi connectivity index (χ3n) is 3.27. The Balaban J connectivity index is 2.13. The largest absolute Gasteiger partial charge is 0.511 e. The molecule has 1 aliphatic carbocycles. The second kappa shape index (κ2) is 3.98. The number of fused-ring (bicyclic) bond motifs is 1. The quantitative estimate of drug-likeness (QED) is 0.808. The van der Waals surface area contributed by atoms with Gasteiger partial charge in [-0.15, -0.1) is 0 Å². The van der Waals surface area contributed by atoms with Gasteiger partial charge in [0.1, 0.15) is 11.6 Å². The SMILES string of the molecule is CC1CC(=O)C(c2nc3ccccc3[nH]2)=C(O)C1. The zero-order valence-corrected chi connectivity index (χ0v) is 10.1. The summed E-state index contributed by atoms with van der Waals surface area (Å²) in [6, 6.07) is 7.58. The molecule has 0 bridgehead atoms. The molecule has 1 atom stereocenters. The van der Waals surface area contributed by atoms with E-state index in [2.05, 4.69) is 9.97 Å². The molecule has 1 unspecified atom stereocenters. The van der Waals surface area contributed by atoms with Gasteiger partial charge in [0, 0.05) is 12.8 Å². The zero-order valence-electron chi connectivity index (χ0n) is 10.1. The molecule has 18 heavy (non-hydrogen) atoms. The minimum absolute atomic E-state index is 0.0368. The molecule has 3 rings (SSSR count). The lowest BCUT2D eigenvalue weighted by Gasteiger charge is -2.18. The Labute approximate surface area is 104 Å². The van der Waals surface area contributed by atoms with E-state index in [1.54, 1.807) is 0 Å². The Morgan fingerprint density at radius 1 is 1.33 bits per heavy atom. The van der Waals surface area contributed by atoms with Gasteiger partial charge in [0.2, 0.25) is 0 Å². The number of aliphatic hydroxyl groups is 1. The Kier molecular flexibility index (Phi) is 2.44. The minimum Gasteiger partial charge on any atom is -0.511 e. The number of imidazole rings is 1. The third-order valence-corrected chi connectivity index (χ3v) is 3.27. The lowest BCUT2D eigenvalue weighted by Crippen LogP contribution is -2.17. The van der Waals surface area contributed by atoms with Gasteiger partial charge in [-0.1, -0.05) is 19.1 Å². The highest BCUT2D eigenvalue weighted by molar-refractivity contribution is 6.21. The van der Waals surface area contributed by atoms with Crippen molar-refractivity contribution < 1.29 is 9.90 Å². The average Bonchev–Trinajstić information content (AvgIpc) is 2.70. The second-order valence-corrected chi connectivity index (χ2v) is 4.86. The molecule has 0 saturated carbocycles. The van der Waals surface area contributed by atoms with E-state index in [-0.39, 0.29) is 17.5 Å². The van der Waals surface area contributed by atoms with Crippen molar-refractivity contribution in [2.75, 3.05) is 0 Å². The van der Waals surface area contributed by atoms with Crippen LogP contribution in [-0.2, 0) is 4.79 Å². The summed E-state index contributed by atoms with van der Waals surface area (Å²) in [7, 11) is 0. The number of hydrogen-bond donors (Lipinski definition) is 2. The molecular formula is C14H14N2O2. The standard InChI is InChI=1S/C14H14N2O2/c1-8-6-11(17)13(12(18)7-8)14-15-9-4-2-3-5-10(9)16-14/h2-5,8,17H,6-7H2,1H3,(H,15,16). The Morgan fingerprint density at radius 3 is 2.83 bits per heavy atom. The van der Waals surface area contributed by atoms with Crippen LogP contribution in [0.15, 0.2) is 30.0 Å². The topological polar surface area (TPSA) is 66.0 Å². The lowest BCUT2D eigenvalue weighted by atomic mass is 9.88. The van der Waals surface area contributed by atoms with Crippen LogP contribution >= 0.6 is 0 Å². The fraction of sp³-hybridized carbons (Fsp3) is 0.286. The summed E-state index contributed by atoms with van der Waals surface area (Å²) in [4.78, 5) is 19.5. The number of allylic oxidation sites excluding steroid dienone is 2. The third kappa shape index (κ3) is 1.70. The highest BCUT2D eigenvalue weighted by atomic mass is 16.3. The van der Waals surface area contributed by atoms with Crippen molar-refractivity contribution in [2.45, 2.75) is 19.8 Å². The highest BCUT2D eigenvalue weighted by Crippen LogP contribution is 2.30. The van der Waals surface area contributed by atoms with Crippen molar-refractivity contribution in [3.63, 3.8) is 0 Å². The summed E-state index contributed by atoms with van der Waals surface area (Å²) in [6.45, 7) is 1.96. The van der Waals surface area contributed by atoms with Gasteiger partial charge < -0.3 is 10.1 Å². The molecule has 2 N–H and O–H groups in total. The number of hydrogen-bond acceptors (Lipinski definition) is 3. The second-order valence-electron chi connectivity index (χ2n) is 4.86. The first-order valence-corrected chi connectivity index (χ1v) is 6.05. The number of ketones is 1. The normalized spacial score (nSPS) is 20.7. The molecule has 92 valence electrons. The number of nitrogens with zero attached hydrogens (tertiary/aromatic N) is 1. The molecule has 0 spiro atoms.